The summed E-state index contributed by atoms with van der Waals surface area (Å²) in [5.41, 5.74) is 2.07. The highest BCUT2D eigenvalue weighted by Gasteiger charge is 2.13. The van der Waals surface area contributed by atoms with Gasteiger partial charge in [0.1, 0.15) is 11.6 Å². The summed E-state index contributed by atoms with van der Waals surface area (Å²) in [7, 11) is 0. The van der Waals surface area contributed by atoms with Gasteiger partial charge < -0.3 is 9.63 Å². The number of halogens is 1. The van der Waals surface area contributed by atoms with E-state index in [2.05, 4.69) is 10.1 Å². The number of hydrogen-bond donors (Lipinski definition) is 1. The Morgan fingerprint density at radius 2 is 2.00 bits per heavy atom. The molecule has 3 aromatic rings. The van der Waals surface area contributed by atoms with E-state index in [-0.39, 0.29) is 11.6 Å². The van der Waals surface area contributed by atoms with Gasteiger partial charge in [-0.3, -0.25) is 0 Å². The van der Waals surface area contributed by atoms with Gasteiger partial charge in [-0.2, -0.15) is 4.98 Å². The fourth-order valence-corrected chi connectivity index (χ4v) is 1.97. The molecule has 0 saturated carbocycles. The summed E-state index contributed by atoms with van der Waals surface area (Å²) in [6.07, 6.45) is 0. The minimum Gasteiger partial charge on any atom is -0.508 e. The minimum absolute atomic E-state index is 0.125. The summed E-state index contributed by atoms with van der Waals surface area (Å²) in [5.74, 6) is 0.517. The predicted molar refractivity (Wildman–Crippen MR) is 71.5 cm³/mol. The molecule has 0 aliphatic heterocycles. The highest BCUT2D eigenvalue weighted by atomic mass is 19.1. The number of aryl methyl sites for hydroxylation is 1. The largest absolute Gasteiger partial charge is 0.508 e. The van der Waals surface area contributed by atoms with Crippen LogP contribution in [0.3, 0.4) is 0 Å². The molecular weight excluding hydrogens is 259 g/mol. The van der Waals surface area contributed by atoms with Gasteiger partial charge in [0.2, 0.25) is 5.82 Å². The lowest BCUT2D eigenvalue weighted by Gasteiger charge is -1.99. The van der Waals surface area contributed by atoms with Crippen LogP contribution in [0, 0.1) is 12.7 Å². The minimum atomic E-state index is -0.303. The zero-order valence-corrected chi connectivity index (χ0v) is 10.7. The van der Waals surface area contributed by atoms with Crippen LogP contribution >= 0.6 is 0 Å². The third kappa shape index (κ3) is 2.25. The molecule has 0 radical (unpaired) electrons. The van der Waals surface area contributed by atoms with Crippen LogP contribution < -0.4 is 0 Å². The first-order chi connectivity index (χ1) is 9.63. The second kappa shape index (κ2) is 4.77. The van der Waals surface area contributed by atoms with Crippen LogP contribution in [0.1, 0.15) is 5.56 Å². The first-order valence-electron chi connectivity index (χ1n) is 6.03. The van der Waals surface area contributed by atoms with E-state index in [0.29, 0.717) is 22.8 Å². The Morgan fingerprint density at radius 3 is 2.75 bits per heavy atom. The Labute approximate surface area is 114 Å². The van der Waals surface area contributed by atoms with Crippen molar-refractivity contribution >= 4 is 0 Å². The normalized spacial score (nSPS) is 10.7. The van der Waals surface area contributed by atoms with Crippen molar-refractivity contribution < 1.29 is 14.0 Å². The van der Waals surface area contributed by atoms with Crippen molar-refractivity contribution in [3.05, 3.63) is 53.8 Å². The van der Waals surface area contributed by atoms with E-state index in [1.165, 1.54) is 18.2 Å². The molecule has 1 heterocycles. The lowest BCUT2D eigenvalue weighted by molar-refractivity contribution is 0.431. The highest BCUT2D eigenvalue weighted by molar-refractivity contribution is 5.63. The molecule has 0 fully saturated rings. The van der Waals surface area contributed by atoms with E-state index in [9.17, 15) is 9.50 Å². The van der Waals surface area contributed by atoms with Gasteiger partial charge in [-0.05, 0) is 48.9 Å². The maximum absolute atomic E-state index is 13.1. The van der Waals surface area contributed by atoms with E-state index in [0.717, 1.165) is 5.56 Å². The third-order valence-corrected chi connectivity index (χ3v) is 2.95. The Kier molecular flexibility index (Phi) is 2.95. The number of aromatic nitrogens is 2. The van der Waals surface area contributed by atoms with E-state index in [1.54, 1.807) is 31.2 Å². The molecule has 4 nitrogen and oxygen atoms in total. The van der Waals surface area contributed by atoms with Crippen molar-refractivity contribution in [1.29, 1.82) is 0 Å². The van der Waals surface area contributed by atoms with Crippen molar-refractivity contribution in [3.63, 3.8) is 0 Å². The van der Waals surface area contributed by atoms with Crippen molar-refractivity contribution in [3.8, 4) is 28.6 Å². The smallest absolute Gasteiger partial charge is 0.258 e. The van der Waals surface area contributed by atoms with Gasteiger partial charge >= 0.3 is 0 Å². The molecule has 1 aromatic heterocycles. The zero-order chi connectivity index (χ0) is 14.1. The van der Waals surface area contributed by atoms with Crippen LogP contribution in [0.4, 0.5) is 4.39 Å². The van der Waals surface area contributed by atoms with Crippen LogP contribution in [0.5, 0.6) is 5.75 Å². The second-order valence-electron chi connectivity index (χ2n) is 4.43. The molecule has 0 aliphatic rings. The molecule has 0 amide bonds. The van der Waals surface area contributed by atoms with Crippen LogP contribution in [0.2, 0.25) is 0 Å². The Bertz CT molecular complexity index is 768. The summed E-state index contributed by atoms with van der Waals surface area (Å²) in [6.45, 7) is 1.78. The zero-order valence-electron chi connectivity index (χ0n) is 10.7. The Hall–Kier alpha value is -2.69. The number of rotatable bonds is 2. The summed E-state index contributed by atoms with van der Waals surface area (Å²) in [4.78, 5) is 4.27. The molecular formula is C15H11FN2O2. The van der Waals surface area contributed by atoms with Crippen molar-refractivity contribution in [2.75, 3.05) is 0 Å². The highest BCUT2D eigenvalue weighted by Crippen LogP contribution is 2.26. The molecule has 0 bridgehead atoms. The predicted octanol–water partition coefficient (Wildman–Crippen LogP) is 3.56. The van der Waals surface area contributed by atoms with Gasteiger partial charge in [-0.25, -0.2) is 4.39 Å². The number of benzene rings is 2. The van der Waals surface area contributed by atoms with Crippen LogP contribution in [-0.4, -0.2) is 15.2 Å². The first-order valence-corrected chi connectivity index (χ1v) is 6.03. The van der Waals surface area contributed by atoms with E-state index < -0.39 is 0 Å². The van der Waals surface area contributed by atoms with Gasteiger partial charge in [-0.1, -0.05) is 11.2 Å². The maximum Gasteiger partial charge on any atom is 0.258 e. The van der Waals surface area contributed by atoms with Crippen molar-refractivity contribution in [2.45, 2.75) is 6.92 Å². The topological polar surface area (TPSA) is 59.2 Å². The molecule has 0 saturated heterocycles. The van der Waals surface area contributed by atoms with Crippen molar-refractivity contribution in [2.24, 2.45) is 0 Å². The first kappa shape index (κ1) is 12.3. The molecule has 0 spiro atoms. The lowest BCUT2D eigenvalue weighted by atomic mass is 10.1. The SMILES string of the molecule is Cc1cc(F)ccc1-c1noc(-c2cccc(O)c2)n1. The van der Waals surface area contributed by atoms with Crippen LogP contribution in [-0.2, 0) is 0 Å². The van der Waals surface area contributed by atoms with Crippen LogP contribution in [0.25, 0.3) is 22.8 Å². The van der Waals surface area contributed by atoms with Crippen LogP contribution in [0.15, 0.2) is 47.0 Å². The van der Waals surface area contributed by atoms with Gasteiger partial charge in [0.25, 0.3) is 5.89 Å². The van der Waals surface area contributed by atoms with Gasteiger partial charge in [-0.15, -0.1) is 0 Å². The van der Waals surface area contributed by atoms with E-state index >= 15 is 0 Å². The molecule has 5 heteroatoms. The third-order valence-electron chi connectivity index (χ3n) is 2.95. The second-order valence-corrected chi connectivity index (χ2v) is 4.43. The van der Waals surface area contributed by atoms with E-state index in [1.807, 2.05) is 0 Å². The summed E-state index contributed by atoms with van der Waals surface area (Å²) >= 11 is 0. The number of phenols is 1. The van der Waals surface area contributed by atoms with Gasteiger partial charge in [0.15, 0.2) is 0 Å². The standard InChI is InChI=1S/C15H11FN2O2/c1-9-7-11(16)5-6-13(9)14-17-15(20-18-14)10-3-2-4-12(19)8-10/h2-8,19H,1H3. The summed E-state index contributed by atoms with van der Waals surface area (Å²) in [5, 5.41) is 13.3. The molecule has 2 aromatic carbocycles. The number of phenolic OH excluding ortho intramolecular Hbond substituents is 1. The number of aromatic hydroxyl groups is 1. The van der Waals surface area contributed by atoms with E-state index in [4.69, 9.17) is 4.52 Å². The fraction of sp³-hybridized carbons (Fsp3) is 0.0667. The molecule has 0 aliphatic carbocycles. The molecule has 20 heavy (non-hydrogen) atoms. The molecule has 100 valence electrons. The summed E-state index contributed by atoms with van der Waals surface area (Å²) in [6, 6.07) is 10.9. The average Bonchev–Trinajstić information content (AvgIpc) is 2.88. The van der Waals surface area contributed by atoms with Gasteiger partial charge in [0, 0.05) is 11.1 Å². The molecule has 1 N–H and O–H groups in total. The number of hydrogen-bond acceptors (Lipinski definition) is 4. The number of nitrogens with zero attached hydrogens (tertiary/aromatic N) is 2. The maximum atomic E-state index is 13.1. The Morgan fingerprint density at radius 1 is 1.15 bits per heavy atom. The fourth-order valence-electron chi connectivity index (χ4n) is 1.97. The average molecular weight is 270 g/mol. The van der Waals surface area contributed by atoms with Crippen molar-refractivity contribution in [1.82, 2.24) is 10.1 Å². The quantitative estimate of drug-likeness (QED) is 0.773. The lowest BCUT2D eigenvalue weighted by Crippen LogP contribution is -1.87. The monoisotopic (exact) mass is 270 g/mol. The molecule has 0 unspecified atom stereocenters. The molecule has 3 rings (SSSR count). The molecule has 0 atom stereocenters. The summed E-state index contributed by atoms with van der Waals surface area (Å²) < 4.78 is 18.3. The van der Waals surface area contributed by atoms with Gasteiger partial charge in [0.05, 0.1) is 0 Å². The Balaban J connectivity index is 2.02.